The highest BCUT2D eigenvalue weighted by atomic mass is 19.1. The number of phenolic OH excluding ortho intramolecular Hbond substituents is 1. The molecule has 1 atom stereocenters. The van der Waals surface area contributed by atoms with Gasteiger partial charge >= 0.3 is 6.03 Å². The molecule has 3 N–H and O–H groups in total. The maximum Gasteiger partial charge on any atom is 0.314 e. The first-order valence-corrected chi connectivity index (χ1v) is 11.3. The van der Waals surface area contributed by atoms with E-state index in [-0.39, 0.29) is 23.6 Å². The van der Waals surface area contributed by atoms with Gasteiger partial charge in [-0.2, -0.15) is 0 Å². The number of hydrogen-bond acceptors (Lipinski definition) is 4. The molecule has 7 heteroatoms. The zero-order valence-corrected chi connectivity index (χ0v) is 19.6. The summed E-state index contributed by atoms with van der Waals surface area (Å²) in [5, 5.41) is 15.4. The van der Waals surface area contributed by atoms with Crippen LogP contribution >= 0.6 is 0 Å². The molecule has 180 valence electrons. The second kappa shape index (κ2) is 12.6. The van der Waals surface area contributed by atoms with Crippen LogP contribution in [0.5, 0.6) is 11.5 Å². The van der Waals surface area contributed by atoms with Crippen molar-refractivity contribution in [1.82, 2.24) is 15.5 Å². The van der Waals surface area contributed by atoms with Gasteiger partial charge in [0.05, 0.1) is 7.11 Å². The van der Waals surface area contributed by atoms with Crippen molar-refractivity contribution < 1.29 is 19.0 Å². The van der Waals surface area contributed by atoms with Crippen molar-refractivity contribution in [3.8, 4) is 11.5 Å². The minimum atomic E-state index is -0.356. The lowest BCUT2D eigenvalue weighted by atomic mass is 10.0. The Labute approximate surface area is 200 Å². The van der Waals surface area contributed by atoms with Crippen LogP contribution in [0.15, 0.2) is 72.8 Å². The van der Waals surface area contributed by atoms with Crippen molar-refractivity contribution in [3.05, 3.63) is 95.3 Å². The van der Waals surface area contributed by atoms with Crippen LogP contribution in [0, 0.1) is 5.82 Å². The maximum absolute atomic E-state index is 13.4. The molecule has 0 spiro atoms. The minimum Gasteiger partial charge on any atom is -0.508 e. The lowest BCUT2D eigenvalue weighted by Gasteiger charge is -2.29. The quantitative estimate of drug-likeness (QED) is 0.398. The summed E-state index contributed by atoms with van der Waals surface area (Å²) in [4.78, 5) is 14.7. The number of halogens is 1. The molecule has 0 aliphatic rings. The Morgan fingerprint density at radius 3 is 2.47 bits per heavy atom. The number of likely N-dealkylation sites (N-methyl/N-ethyl adjacent to an activating group) is 1. The van der Waals surface area contributed by atoms with E-state index in [0.717, 1.165) is 24.1 Å². The molecule has 0 heterocycles. The Bertz CT molecular complexity index is 1040. The average molecular weight is 466 g/mol. The Hall–Kier alpha value is -3.58. The van der Waals surface area contributed by atoms with E-state index in [0.29, 0.717) is 25.3 Å². The van der Waals surface area contributed by atoms with Crippen molar-refractivity contribution in [2.45, 2.75) is 25.4 Å². The number of amides is 2. The van der Waals surface area contributed by atoms with Gasteiger partial charge in [-0.25, -0.2) is 9.18 Å². The molecular weight excluding hydrogens is 433 g/mol. The van der Waals surface area contributed by atoms with E-state index in [1.54, 1.807) is 18.2 Å². The number of aromatic hydroxyl groups is 1. The van der Waals surface area contributed by atoms with E-state index in [1.807, 2.05) is 37.4 Å². The highest BCUT2D eigenvalue weighted by molar-refractivity contribution is 5.73. The minimum absolute atomic E-state index is 0.0488. The fourth-order valence-corrected chi connectivity index (χ4v) is 3.80. The van der Waals surface area contributed by atoms with E-state index >= 15 is 0 Å². The number of rotatable bonds is 11. The van der Waals surface area contributed by atoms with Crippen molar-refractivity contribution in [2.24, 2.45) is 0 Å². The summed E-state index contributed by atoms with van der Waals surface area (Å²) in [6, 6.07) is 21.5. The van der Waals surface area contributed by atoms with Crippen LogP contribution in [0.1, 0.15) is 16.7 Å². The van der Waals surface area contributed by atoms with Crippen LogP contribution in [-0.2, 0) is 19.4 Å². The smallest absolute Gasteiger partial charge is 0.314 e. The summed E-state index contributed by atoms with van der Waals surface area (Å²) < 4.78 is 18.6. The number of methoxy groups -OCH3 is 1. The Balaban J connectivity index is 1.55. The first-order valence-electron chi connectivity index (χ1n) is 11.3. The number of nitrogens with zero attached hydrogens (tertiary/aromatic N) is 1. The molecule has 0 saturated carbocycles. The van der Waals surface area contributed by atoms with Gasteiger partial charge in [0, 0.05) is 31.7 Å². The largest absolute Gasteiger partial charge is 0.508 e. The third kappa shape index (κ3) is 7.78. The Morgan fingerprint density at radius 2 is 1.76 bits per heavy atom. The second-order valence-electron chi connectivity index (χ2n) is 8.27. The van der Waals surface area contributed by atoms with Gasteiger partial charge in [0.15, 0.2) is 0 Å². The predicted molar refractivity (Wildman–Crippen MR) is 132 cm³/mol. The van der Waals surface area contributed by atoms with Gasteiger partial charge in [0.1, 0.15) is 17.3 Å². The monoisotopic (exact) mass is 465 g/mol. The molecule has 2 amide bonds. The molecule has 0 fully saturated rings. The van der Waals surface area contributed by atoms with Crippen LogP contribution in [-0.4, -0.2) is 49.3 Å². The predicted octanol–water partition coefficient (Wildman–Crippen LogP) is 4.12. The molecule has 6 nitrogen and oxygen atoms in total. The summed E-state index contributed by atoms with van der Waals surface area (Å²) in [6.07, 6.45) is 1.25. The number of benzene rings is 3. The number of ether oxygens (including phenoxy) is 1. The molecule has 0 unspecified atom stereocenters. The summed E-state index contributed by atoms with van der Waals surface area (Å²) in [6.45, 7) is 1.60. The third-order valence-electron chi connectivity index (χ3n) is 5.73. The number of urea groups is 1. The Morgan fingerprint density at radius 1 is 1.03 bits per heavy atom. The highest BCUT2D eigenvalue weighted by Gasteiger charge is 2.17. The van der Waals surface area contributed by atoms with Crippen molar-refractivity contribution >= 4 is 6.03 Å². The van der Waals surface area contributed by atoms with Crippen LogP contribution in [0.2, 0.25) is 0 Å². The second-order valence-corrected chi connectivity index (χ2v) is 8.27. The number of nitrogens with one attached hydrogen (secondary N) is 2. The SMILES string of the molecule is COc1cc(F)ccc1CCNC(=O)NC[C@H](Cc1ccc(O)cc1)N(C)Cc1ccccc1. The molecular formula is C27H32FN3O3. The van der Waals surface area contributed by atoms with Crippen molar-refractivity contribution in [3.63, 3.8) is 0 Å². The molecule has 3 rings (SSSR count). The summed E-state index contributed by atoms with van der Waals surface area (Å²) in [5.74, 6) is 0.345. The van der Waals surface area contributed by atoms with Gasteiger partial charge < -0.3 is 20.5 Å². The molecule has 0 aromatic heterocycles. The molecule has 0 aliphatic carbocycles. The number of carbonyl (C=O) groups is 1. The lowest BCUT2D eigenvalue weighted by molar-refractivity contribution is 0.214. The van der Waals surface area contributed by atoms with Gasteiger partial charge in [0.25, 0.3) is 0 Å². The first kappa shape index (κ1) is 25.1. The number of hydrogen-bond donors (Lipinski definition) is 3. The molecule has 0 aliphatic heterocycles. The Kier molecular flexibility index (Phi) is 9.29. The first-order chi connectivity index (χ1) is 16.4. The summed E-state index contributed by atoms with van der Waals surface area (Å²) >= 11 is 0. The van der Waals surface area contributed by atoms with Gasteiger partial charge in [-0.3, -0.25) is 4.90 Å². The van der Waals surface area contributed by atoms with E-state index in [9.17, 15) is 14.3 Å². The van der Waals surface area contributed by atoms with Gasteiger partial charge in [0.2, 0.25) is 0 Å². The highest BCUT2D eigenvalue weighted by Crippen LogP contribution is 2.19. The van der Waals surface area contributed by atoms with Crippen LogP contribution in [0.25, 0.3) is 0 Å². The third-order valence-corrected chi connectivity index (χ3v) is 5.73. The maximum atomic E-state index is 13.4. The summed E-state index contributed by atoms with van der Waals surface area (Å²) in [5.41, 5.74) is 3.10. The van der Waals surface area contributed by atoms with Crippen LogP contribution in [0.4, 0.5) is 9.18 Å². The fourth-order valence-electron chi connectivity index (χ4n) is 3.80. The molecule has 0 radical (unpaired) electrons. The molecule has 3 aromatic carbocycles. The molecule has 0 bridgehead atoms. The number of carbonyl (C=O) groups excluding carboxylic acids is 1. The van der Waals surface area contributed by atoms with E-state index in [4.69, 9.17) is 4.74 Å². The zero-order chi connectivity index (χ0) is 24.3. The molecule has 34 heavy (non-hydrogen) atoms. The summed E-state index contributed by atoms with van der Waals surface area (Å²) in [7, 11) is 3.54. The zero-order valence-electron chi connectivity index (χ0n) is 19.6. The topological polar surface area (TPSA) is 73.8 Å². The molecule has 0 saturated heterocycles. The van der Waals surface area contributed by atoms with Crippen LogP contribution in [0.3, 0.4) is 0 Å². The lowest BCUT2D eigenvalue weighted by Crippen LogP contribution is -2.46. The van der Waals surface area contributed by atoms with E-state index in [1.165, 1.54) is 24.8 Å². The van der Waals surface area contributed by atoms with Gasteiger partial charge in [-0.1, -0.05) is 48.5 Å². The van der Waals surface area contributed by atoms with E-state index < -0.39 is 0 Å². The molecule has 3 aromatic rings. The van der Waals surface area contributed by atoms with Crippen molar-refractivity contribution in [1.29, 1.82) is 0 Å². The van der Waals surface area contributed by atoms with Crippen LogP contribution < -0.4 is 15.4 Å². The van der Waals surface area contributed by atoms with Gasteiger partial charge in [-0.15, -0.1) is 0 Å². The standard InChI is InChI=1S/C27H32FN3O3/c1-31(19-21-6-4-3-5-7-21)24(16-20-8-12-25(32)13-9-20)18-30-27(33)29-15-14-22-10-11-23(28)17-26(22)34-2/h3-13,17,24,32H,14-16,18-19H2,1-2H3,(H2,29,30,33)/t24-/m0/s1. The van der Waals surface area contributed by atoms with Crippen molar-refractivity contribution in [2.75, 3.05) is 27.2 Å². The van der Waals surface area contributed by atoms with E-state index in [2.05, 4.69) is 27.7 Å². The number of phenols is 1. The van der Waals surface area contributed by atoms with Gasteiger partial charge in [-0.05, 0) is 54.8 Å². The average Bonchev–Trinajstić information content (AvgIpc) is 2.84. The normalized spacial score (nSPS) is 11.8. The fraction of sp³-hybridized carbons (Fsp3) is 0.296.